The van der Waals surface area contributed by atoms with E-state index in [1.165, 1.54) is 12.1 Å². The van der Waals surface area contributed by atoms with Crippen LogP contribution in [-0.2, 0) is 6.42 Å². The van der Waals surface area contributed by atoms with Gasteiger partial charge < -0.3 is 5.32 Å². The Morgan fingerprint density at radius 3 is 2.43 bits per heavy atom. The molecule has 21 heavy (non-hydrogen) atoms. The van der Waals surface area contributed by atoms with Crippen LogP contribution < -0.4 is 5.32 Å². The van der Waals surface area contributed by atoms with E-state index in [4.69, 9.17) is 0 Å². The highest BCUT2D eigenvalue weighted by molar-refractivity contribution is 5.38. The standard InChI is InChI=1S/C16H17F2N3/c1-2-19-15-9-14(11-3-4-11)20-16(21-15)7-10-5-12(17)8-13(18)6-10/h5-6,8-9,11H,2-4,7H2,1H3,(H,19,20,21). The number of benzene rings is 1. The Bertz CT molecular complexity index is 634. The molecule has 1 aromatic carbocycles. The van der Waals surface area contributed by atoms with Gasteiger partial charge in [0.05, 0.1) is 0 Å². The van der Waals surface area contributed by atoms with Gasteiger partial charge >= 0.3 is 0 Å². The van der Waals surface area contributed by atoms with Crippen molar-refractivity contribution in [3.05, 3.63) is 53.0 Å². The van der Waals surface area contributed by atoms with Crippen LogP contribution in [0.25, 0.3) is 0 Å². The normalized spacial score (nSPS) is 14.2. The average Bonchev–Trinajstić information content (AvgIpc) is 3.21. The van der Waals surface area contributed by atoms with Crippen LogP contribution in [0.5, 0.6) is 0 Å². The monoisotopic (exact) mass is 289 g/mol. The number of anilines is 1. The maximum Gasteiger partial charge on any atom is 0.135 e. The summed E-state index contributed by atoms with van der Waals surface area (Å²) in [6, 6.07) is 5.48. The molecule has 0 radical (unpaired) electrons. The molecule has 1 fully saturated rings. The van der Waals surface area contributed by atoms with Crippen molar-refractivity contribution >= 4 is 5.82 Å². The van der Waals surface area contributed by atoms with Gasteiger partial charge in [0.1, 0.15) is 23.3 Å². The first kappa shape index (κ1) is 13.9. The van der Waals surface area contributed by atoms with Crippen molar-refractivity contribution in [1.82, 2.24) is 9.97 Å². The van der Waals surface area contributed by atoms with E-state index in [2.05, 4.69) is 15.3 Å². The molecule has 0 aliphatic heterocycles. The summed E-state index contributed by atoms with van der Waals surface area (Å²) in [6.45, 7) is 2.77. The molecule has 1 N–H and O–H groups in total. The van der Waals surface area contributed by atoms with E-state index in [0.717, 1.165) is 37.0 Å². The number of aromatic nitrogens is 2. The highest BCUT2D eigenvalue weighted by Crippen LogP contribution is 2.39. The smallest absolute Gasteiger partial charge is 0.135 e. The Morgan fingerprint density at radius 2 is 1.81 bits per heavy atom. The van der Waals surface area contributed by atoms with Crippen molar-refractivity contribution in [2.75, 3.05) is 11.9 Å². The number of nitrogens with zero attached hydrogens (tertiary/aromatic N) is 2. The molecule has 0 unspecified atom stereocenters. The Kier molecular flexibility index (Phi) is 3.82. The van der Waals surface area contributed by atoms with Crippen LogP contribution in [0.3, 0.4) is 0 Å². The van der Waals surface area contributed by atoms with E-state index in [9.17, 15) is 8.78 Å². The van der Waals surface area contributed by atoms with E-state index in [1.807, 2.05) is 13.0 Å². The Morgan fingerprint density at radius 1 is 1.10 bits per heavy atom. The predicted molar refractivity (Wildman–Crippen MR) is 77.3 cm³/mol. The molecule has 110 valence electrons. The summed E-state index contributed by atoms with van der Waals surface area (Å²) in [4.78, 5) is 8.96. The third-order valence-corrected chi connectivity index (χ3v) is 3.43. The Hall–Kier alpha value is -2.04. The fourth-order valence-corrected chi connectivity index (χ4v) is 2.35. The zero-order chi connectivity index (χ0) is 14.8. The summed E-state index contributed by atoms with van der Waals surface area (Å²) < 4.78 is 26.5. The number of nitrogens with one attached hydrogen (secondary N) is 1. The Balaban J connectivity index is 1.89. The molecule has 0 bridgehead atoms. The van der Waals surface area contributed by atoms with Gasteiger partial charge in [0.15, 0.2) is 0 Å². The molecule has 2 aromatic rings. The van der Waals surface area contributed by atoms with Gasteiger partial charge in [0, 0.05) is 36.7 Å². The highest BCUT2D eigenvalue weighted by atomic mass is 19.1. The molecule has 3 nitrogen and oxygen atoms in total. The van der Waals surface area contributed by atoms with E-state index in [-0.39, 0.29) is 0 Å². The largest absolute Gasteiger partial charge is 0.370 e. The average molecular weight is 289 g/mol. The fourth-order valence-electron chi connectivity index (χ4n) is 2.35. The predicted octanol–water partition coefficient (Wildman–Crippen LogP) is 3.65. The molecule has 1 aliphatic rings. The lowest BCUT2D eigenvalue weighted by Crippen LogP contribution is -2.06. The van der Waals surface area contributed by atoms with E-state index < -0.39 is 11.6 Å². The Labute approximate surface area is 122 Å². The quantitative estimate of drug-likeness (QED) is 0.913. The minimum absolute atomic E-state index is 0.327. The molecule has 1 aromatic heterocycles. The molecule has 5 heteroatoms. The van der Waals surface area contributed by atoms with Crippen molar-refractivity contribution in [2.45, 2.75) is 32.1 Å². The van der Waals surface area contributed by atoms with Gasteiger partial charge in [0.25, 0.3) is 0 Å². The summed E-state index contributed by atoms with van der Waals surface area (Å²) in [6.07, 6.45) is 2.63. The minimum atomic E-state index is -0.574. The molecule has 1 saturated carbocycles. The van der Waals surface area contributed by atoms with Gasteiger partial charge in [-0.1, -0.05) is 0 Å². The lowest BCUT2D eigenvalue weighted by molar-refractivity contribution is 0.580. The van der Waals surface area contributed by atoms with Crippen molar-refractivity contribution < 1.29 is 8.78 Å². The van der Waals surface area contributed by atoms with Crippen LogP contribution in [0.1, 0.15) is 42.8 Å². The second-order valence-corrected chi connectivity index (χ2v) is 5.35. The molecule has 0 spiro atoms. The summed E-state index contributed by atoms with van der Waals surface area (Å²) in [5.41, 5.74) is 1.57. The van der Waals surface area contributed by atoms with Crippen LogP contribution in [0.2, 0.25) is 0 Å². The molecular weight excluding hydrogens is 272 g/mol. The first-order valence-corrected chi connectivity index (χ1v) is 7.20. The van der Waals surface area contributed by atoms with Crippen LogP contribution in [0.4, 0.5) is 14.6 Å². The van der Waals surface area contributed by atoms with Gasteiger partial charge in [-0.3, -0.25) is 0 Å². The number of rotatable bonds is 5. The second-order valence-electron chi connectivity index (χ2n) is 5.35. The molecule has 1 heterocycles. The van der Waals surface area contributed by atoms with Crippen LogP contribution in [0, 0.1) is 11.6 Å². The zero-order valence-corrected chi connectivity index (χ0v) is 11.9. The van der Waals surface area contributed by atoms with Crippen LogP contribution in [-0.4, -0.2) is 16.5 Å². The maximum atomic E-state index is 13.3. The third kappa shape index (κ3) is 3.54. The van der Waals surface area contributed by atoms with Gasteiger partial charge in [-0.15, -0.1) is 0 Å². The van der Waals surface area contributed by atoms with E-state index in [0.29, 0.717) is 23.7 Å². The van der Waals surface area contributed by atoms with Gasteiger partial charge in [0.2, 0.25) is 0 Å². The first-order valence-electron chi connectivity index (χ1n) is 7.20. The van der Waals surface area contributed by atoms with Gasteiger partial charge in [-0.05, 0) is 37.5 Å². The summed E-state index contributed by atoms with van der Waals surface area (Å²) in [7, 11) is 0. The molecule has 3 rings (SSSR count). The lowest BCUT2D eigenvalue weighted by Gasteiger charge is -2.09. The van der Waals surface area contributed by atoms with Crippen molar-refractivity contribution in [2.24, 2.45) is 0 Å². The zero-order valence-electron chi connectivity index (χ0n) is 11.9. The first-order chi connectivity index (χ1) is 10.1. The highest BCUT2D eigenvalue weighted by Gasteiger charge is 2.26. The number of hydrogen-bond donors (Lipinski definition) is 1. The SMILES string of the molecule is CCNc1cc(C2CC2)nc(Cc2cc(F)cc(F)c2)n1. The maximum absolute atomic E-state index is 13.3. The molecule has 0 atom stereocenters. The van der Waals surface area contributed by atoms with Gasteiger partial charge in [-0.25, -0.2) is 18.7 Å². The number of halogens is 2. The van der Waals surface area contributed by atoms with Gasteiger partial charge in [-0.2, -0.15) is 0 Å². The summed E-state index contributed by atoms with van der Waals surface area (Å²) in [5.74, 6) is 0.737. The molecule has 0 saturated heterocycles. The van der Waals surface area contributed by atoms with Crippen molar-refractivity contribution in [3.8, 4) is 0 Å². The topological polar surface area (TPSA) is 37.8 Å². The van der Waals surface area contributed by atoms with Crippen molar-refractivity contribution in [3.63, 3.8) is 0 Å². The second kappa shape index (κ2) is 5.76. The van der Waals surface area contributed by atoms with E-state index in [1.54, 1.807) is 0 Å². The number of hydrogen-bond acceptors (Lipinski definition) is 3. The van der Waals surface area contributed by atoms with E-state index >= 15 is 0 Å². The fraction of sp³-hybridized carbons (Fsp3) is 0.375. The molecular formula is C16H17F2N3. The summed E-state index contributed by atoms with van der Waals surface area (Å²) in [5, 5.41) is 3.18. The van der Waals surface area contributed by atoms with Crippen LogP contribution >= 0.6 is 0 Å². The van der Waals surface area contributed by atoms with Crippen LogP contribution in [0.15, 0.2) is 24.3 Å². The molecule has 0 amide bonds. The minimum Gasteiger partial charge on any atom is -0.370 e. The summed E-state index contributed by atoms with van der Waals surface area (Å²) >= 11 is 0. The molecule has 1 aliphatic carbocycles. The third-order valence-electron chi connectivity index (χ3n) is 3.43. The lowest BCUT2D eigenvalue weighted by atomic mass is 10.1. The van der Waals surface area contributed by atoms with Crippen molar-refractivity contribution in [1.29, 1.82) is 0 Å².